The highest BCUT2D eigenvalue weighted by atomic mass is 19.1. The zero-order valence-corrected chi connectivity index (χ0v) is 18.5. The molecule has 2 aromatic carbocycles. The van der Waals surface area contributed by atoms with E-state index in [1.165, 1.54) is 12.1 Å². The number of hydrogen-bond acceptors (Lipinski definition) is 5. The van der Waals surface area contributed by atoms with E-state index in [0.717, 1.165) is 12.1 Å². The average molecular weight is 448 g/mol. The number of hydrogen-bond donors (Lipinski definition) is 3. The number of carbonyl (C=O) groups excluding carboxylic acids is 1. The van der Waals surface area contributed by atoms with Crippen LogP contribution in [0.25, 0.3) is 16.9 Å². The number of halogens is 1. The van der Waals surface area contributed by atoms with Gasteiger partial charge in [-0.05, 0) is 56.1 Å². The van der Waals surface area contributed by atoms with E-state index in [1.807, 2.05) is 25.1 Å². The summed E-state index contributed by atoms with van der Waals surface area (Å²) in [5.74, 6) is 0.251. The van der Waals surface area contributed by atoms with Gasteiger partial charge in [-0.25, -0.2) is 9.37 Å². The SMILES string of the molecule is CN(C)CCNC(=O)c1ccc2nc(-c3ccccc3O)c(NCc3ccc(F)cc3)n2c1. The van der Waals surface area contributed by atoms with Gasteiger partial charge in [0.2, 0.25) is 0 Å². The van der Waals surface area contributed by atoms with Crippen LogP contribution in [0.15, 0.2) is 66.9 Å². The lowest BCUT2D eigenvalue weighted by atomic mass is 10.1. The minimum absolute atomic E-state index is 0.104. The summed E-state index contributed by atoms with van der Waals surface area (Å²) in [6.07, 6.45) is 1.73. The predicted molar refractivity (Wildman–Crippen MR) is 127 cm³/mol. The van der Waals surface area contributed by atoms with Gasteiger partial charge in [0.05, 0.1) is 5.56 Å². The predicted octanol–water partition coefficient (Wildman–Crippen LogP) is 3.75. The summed E-state index contributed by atoms with van der Waals surface area (Å²) in [6.45, 7) is 1.68. The smallest absolute Gasteiger partial charge is 0.252 e. The highest BCUT2D eigenvalue weighted by Gasteiger charge is 2.18. The molecule has 0 aliphatic rings. The van der Waals surface area contributed by atoms with Crippen molar-refractivity contribution in [1.29, 1.82) is 0 Å². The monoisotopic (exact) mass is 447 g/mol. The molecule has 2 heterocycles. The summed E-state index contributed by atoms with van der Waals surface area (Å²) < 4.78 is 15.1. The largest absolute Gasteiger partial charge is 0.507 e. The van der Waals surface area contributed by atoms with Gasteiger partial charge in [-0.3, -0.25) is 9.20 Å². The molecule has 0 radical (unpaired) electrons. The molecule has 0 unspecified atom stereocenters. The molecule has 7 nitrogen and oxygen atoms in total. The number of rotatable bonds is 8. The Kier molecular flexibility index (Phi) is 6.55. The van der Waals surface area contributed by atoms with Gasteiger partial charge >= 0.3 is 0 Å². The lowest BCUT2D eigenvalue weighted by Gasteiger charge is -2.12. The van der Waals surface area contributed by atoms with E-state index in [4.69, 9.17) is 4.98 Å². The van der Waals surface area contributed by atoms with E-state index in [9.17, 15) is 14.3 Å². The first-order valence-corrected chi connectivity index (χ1v) is 10.6. The second-order valence-electron chi connectivity index (χ2n) is 8.01. The second-order valence-corrected chi connectivity index (χ2v) is 8.01. The van der Waals surface area contributed by atoms with Crippen LogP contribution in [-0.4, -0.2) is 52.5 Å². The van der Waals surface area contributed by atoms with E-state index in [0.29, 0.717) is 41.4 Å². The summed E-state index contributed by atoms with van der Waals surface area (Å²) in [6, 6.07) is 16.7. The van der Waals surface area contributed by atoms with Crippen LogP contribution in [0.3, 0.4) is 0 Å². The maximum atomic E-state index is 13.3. The Morgan fingerprint density at radius 1 is 1.09 bits per heavy atom. The molecule has 0 bridgehead atoms. The molecular formula is C25H26FN5O2. The first kappa shape index (κ1) is 22.3. The average Bonchev–Trinajstić information content (AvgIpc) is 3.16. The topological polar surface area (TPSA) is 81.9 Å². The van der Waals surface area contributed by atoms with Gasteiger partial charge in [0, 0.05) is 31.4 Å². The minimum atomic E-state index is -0.298. The minimum Gasteiger partial charge on any atom is -0.507 e. The first-order chi connectivity index (χ1) is 15.9. The van der Waals surface area contributed by atoms with Crippen LogP contribution in [0.5, 0.6) is 5.75 Å². The molecule has 2 aromatic heterocycles. The number of nitrogens with zero attached hydrogens (tertiary/aromatic N) is 3. The number of amides is 1. The highest BCUT2D eigenvalue weighted by Crippen LogP contribution is 2.34. The number of likely N-dealkylation sites (N-methyl/N-ethyl adjacent to an activating group) is 1. The third-order valence-corrected chi connectivity index (χ3v) is 5.26. The highest BCUT2D eigenvalue weighted by molar-refractivity contribution is 5.94. The van der Waals surface area contributed by atoms with Crippen molar-refractivity contribution in [3.63, 3.8) is 0 Å². The number of pyridine rings is 1. The normalized spacial score (nSPS) is 11.2. The molecule has 170 valence electrons. The third-order valence-electron chi connectivity index (χ3n) is 5.26. The molecule has 8 heteroatoms. The molecule has 4 aromatic rings. The number of imidazole rings is 1. The molecule has 0 atom stereocenters. The van der Waals surface area contributed by atoms with Crippen LogP contribution in [0.4, 0.5) is 10.2 Å². The summed E-state index contributed by atoms with van der Waals surface area (Å²) in [5, 5.41) is 16.7. The van der Waals surface area contributed by atoms with Gasteiger partial charge in [-0.1, -0.05) is 24.3 Å². The Morgan fingerprint density at radius 2 is 1.85 bits per heavy atom. The van der Waals surface area contributed by atoms with E-state index in [2.05, 4.69) is 10.6 Å². The number of fused-ring (bicyclic) bond motifs is 1. The molecule has 0 aliphatic heterocycles. The van der Waals surface area contributed by atoms with Gasteiger partial charge in [0.1, 0.15) is 28.7 Å². The number of aromatic nitrogens is 2. The molecule has 3 N–H and O–H groups in total. The van der Waals surface area contributed by atoms with E-state index in [1.54, 1.807) is 53.1 Å². The third kappa shape index (κ3) is 5.12. The summed E-state index contributed by atoms with van der Waals surface area (Å²) in [7, 11) is 3.90. The molecule has 0 aliphatic carbocycles. The maximum Gasteiger partial charge on any atom is 0.252 e. The van der Waals surface area contributed by atoms with Gasteiger partial charge in [-0.2, -0.15) is 0 Å². The fraction of sp³-hybridized carbons (Fsp3) is 0.200. The Bertz CT molecular complexity index is 1270. The van der Waals surface area contributed by atoms with Crippen molar-refractivity contribution in [3.05, 3.63) is 83.8 Å². The maximum absolute atomic E-state index is 13.3. The van der Waals surface area contributed by atoms with Crippen LogP contribution in [0.2, 0.25) is 0 Å². The van der Waals surface area contributed by atoms with Crippen molar-refractivity contribution in [3.8, 4) is 17.0 Å². The van der Waals surface area contributed by atoms with Gasteiger partial charge in [0.25, 0.3) is 5.91 Å². The van der Waals surface area contributed by atoms with Crippen molar-refractivity contribution in [1.82, 2.24) is 19.6 Å². The van der Waals surface area contributed by atoms with Crippen molar-refractivity contribution in [2.45, 2.75) is 6.54 Å². The fourth-order valence-electron chi connectivity index (χ4n) is 3.49. The number of nitrogens with one attached hydrogen (secondary N) is 2. The molecule has 0 spiro atoms. The quantitative estimate of drug-likeness (QED) is 0.383. The number of benzene rings is 2. The molecule has 0 fully saturated rings. The first-order valence-electron chi connectivity index (χ1n) is 10.6. The molecule has 1 amide bonds. The fourth-order valence-corrected chi connectivity index (χ4v) is 3.49. The standard InChI is InChI=1S/C25H26FN5O2/c1-30(2)14-13-27-25(33)18-9-12-22-29-23(20-5-3-4-6-21(20)32)24(31(22)16-18)28-15-17-7-10-19(26)11-8-17/h3-12,16,28,32H,13-15H2,1-2H3,(H,27,33). The molecule has 0 saturated carbocycles. The molecule has 33 heavy (non-hydrogen) atoms. The number of phenols is 1. The number of para-hydroxylation sites is 1. The Labute approximate surface area is 191 Å². The summed E-state index contributed by atoms with van der Waals surface area (Å²) in [4.78, 5) is 19.4. The lowest BCUT2D eigenvalue weighted by molar-refractivity contribution is 0.0950. The van der Waals surface area contributed by atoms with Crippen LogP contribution < -0.4 is 10.6 Å². The van der Waals surface area contributed by atoms with Gasteiger partial charge < -0.3 is 20.6 Å². The van der Waals surface area contributed by atoms with Crippen LogP contribution in [-0.2, 0) is 6.54 Å². The number of aromatic hydroxyl groups is 1. The Balaban J connectivity index is 1.71. The van der Waals surface area contributed by atoms with Crippen molar-refractivity contribution in [2.75, 3.05) is 32.5 Å². The molecular weight excluding hydrogens is 421 g/mol. The zero-order chi connectivity index (χ0) is 23.4. The van der Waals surface area contributed by atoms with Crippen LogP contribution >= 0.6 is 0 Å². The van der Waals surface area contributed by atoms with E-state index < -0.39 is 0 Å². The number of carbonyl (C=O) groups is 1. The van der Waals surface area contributed by atoms with Crippen LogP contribution in [0, 0.1) is 5.82 Å². The number of phenolic OH excluding ortho intramolecular Hbond substituents is 1. The van der Waals surface area contributed by atoms with E-state index in [-0.39, 0.29) is 17.5 Å². The molecule has 0 saturated heterocycles. The van der Waals surface area contributed by atoms with Crippen molar-refractivity contribution >= 4 is 17.4 Å². The van der Waals surface area contributed by atoms with Gasteiger partial charge in [-0.15, -0.1) is 0 Å². The Hall–Kier alpha value is -3.91. The van der Waals surface area contributed by atoms with Crippen LogP contribution in [0.1, 0.15) is 15.9 Å². The Morgan fingerprint density at radius 3 is 2.58 bits per heavy atom. The van der Waals surface area contributed by atoms with Crippen molar-refractivity contribution in [2.24, 2.45) is 0 Å². The van der Waals surface area contributed by atoms with Crippen molar-refractivity contribution < 1.29 is 14.3 Å². The lowest BCUT2D eigenvalue weighted by Crippen LogP contribution is -2.31. The van der Waals surface area contributed by atoms with E-state index >= 15 is 0 Å². The summed E-state index contributed by atoms with van der Waals surface area (Å²) in [5.41, 5.74) is 3.12. The number of anilines is 1. The zero-order valence-electron chi connectivity index (χ0n) is 18.5. The molecule has 4 rings (SSSR count). The second kappa shape index (κ2) is 9.70. The summed E-state index contributed by atoms with van der Waals surface area (Å²) >= 11 is 0. The van der Waals surface area contributed by atoms with Gasteiger partial charge in [0.15, 0.2) is 0 Å².